The number of ether oxygens (including phenoxy) is 1. The number of benzene rings is 1. The summed E-state index contributed by atoms with van der Waals surface area (Å²) in [5, 5.41) is 3.98. The van der Waals surface area contributed by atoms with Crippen LogP contribution in [0.2, 0.25) is 0 Å². The number of aryl methyl sites for hydroxylation is 2. The first-order valence-corrected chi connectivity index (χ1v) is 7.81. The van der Waals surface area contributed by atoms with Crippen LogP contribution in [-0.2, 0) is 18.4 Å². The second kappa shape index (κ2) is 7.61. The summed E-state index contributed by atoms with van der Waals surface area (Å²) in [4.78, 5) is 4.37. The molecule has 0 spiro atoms. The van der Waals surface area contributed by atoms with Crippen molar-refractivity contribution in [3.63, 3.8) is 0 Å². The van der Waals surface area contributed by atoms with Crippen LogP contribution in [0.3, 0.4) is 0 Å². The minimum absolute atomic E-state index is 0. The number of halogens is 4. The van der Waals surface area contributed by atoms with Gasteiger partial charge in [-0.25, -0.2) is 0 Å². The molecule has 1 heterocycles. The highest BCUT2D eigenvalue weighted by atomic mass is 35.5. The molecule has 0 amide bonds. The quantitative estimate of drug-likeness (QED) is 0.855. The van der Waals surface area contributed by atoms with Crippen molar-refractivity contribution in [2.24, 2.45) is 5.73 Å². The third-order valence-corrected chi connectivity index (χ3v) is 4.19. The first-order chi connectivity index (χ1) is 11.3. The van der Waals surface area contributed by atoms with E-state index in [1.165, 1.54) is 12.1 Å². The zero-order valence-electron chi connectivity index (χ0n) is 13.4. The smallest absolute Gasteiger partial charge is 0.406 e. The molecule has 0 bridgehead atoms. The fourth-order valence-electron chi connectivity index (χ4n) is 2.90. The minimum atomic E-state index is -4.68. The number of rotatable bonds is 5. The van der Waals surface area contributed by atoms with Gasteiger partial charge in [0, 0.05) is 6.42 Å². The number of aromatic nitrogens is 2. The van der Waals surface area contributed by atoms with Gasteiger partial charge in [-0.05, 0) is 37.0 Å². The Morgan fingerprint density at radius 1 is 1.12 bits per heavy atom. The van der Waals surface area contributed by atoms with Crippen LogP contribution in [0.5, 0.6) is 5.75 Å². The van der Waals surface area contributed by atoms with Crippen LogP contribution < -0.4 is 10.5 Å². The summed E-state index contributed by atoms with van der Waals surface area (Å²) in [6.45, 7) is 0. The topological polar surface area (TPSA) is 74.2 Å². The Kier molecular flexibility index (Phi) is 5.95. The second-order valence-electron chi connectivity index (χ2n) is 6.07. The second-order valence-corrected chi connectivity index (χ2v) is 6.07. The minimum Gasteiger partial charge on any atom is -0.406 e. The number of nitrogens with zero attached hydrogens (tertiary/aromatic N) is 2. The van der Waals surface area contributed by atoms with Crippen LogP contribution in [-0.4, -0.2) is 16.5 Å². The molecule has 0 saturated heterocycles. The molecule has 1 saturated carbocycles. The highest BCUT2D eigenvalue weighted by molar-refractivity contribution is 5.85. The predicted octanol–water partition coefficient (Wildman–Crippen LogP) is 3.90. The summed E-state index contributed by atoms with van der Waals surface area (Å²) < 4.78 is 45.4. The molecule has 5 nitrogen and oxygen atoms in total. The Labute approximate surface area is 149 Å². The summed E-state index contributed by atoms with van der Waals surface area (Å²) in [6.07, 6.45) is 0.229. The van der Waals surface area contributed by atoms with Crippen molar-refractivity contribution in [1.29, 1.82) is 0 Å². The van der Waals surface area contributed by atoms with Gasteiger partial charge < -0.3 is 15.0 Å². The summed E-state index contributed by atoms with van der Waals surface area (Å²) in [5.41, 5.74) is 6.64. The fraction of sp³-hybridized carbons (Fsp3) is 0.500. The van der Waals surface area contributed by atoms with Gasteiger partial charge >= 0.3 is 6.36 Å². The van der Waals surface area contributed by atoms with E-state index in [-0.39, 0.29) is 18.2 Å². The molecule has 1 aliphatic rings. The van der Waals surface area contributed by atoms with Crippen LogP contribution in [0.4, 0.5) is 13.2 Å². The Balaban J connectivity index is 0.00000225. The Bertz CT molecular complexity index is 683. The average molecular weight is 378 g/mol. The van der Waals surface area contributed by atoms with E-state index in [4.69, 9.17) is 10.3 Å². The van der Waals surface area contributed by atoms with Gasteiger partial charge in [0.25, 0.3) is 0 Å². The molecule has 25 heavy (non-hydrogen) atoms. The van der Waals surface area contributed by atoms with Crippen molar-refractivity contribution >= 4 is 12.4 Å². The zero-order valence-corrected chi connectivity index (χ0v) is 14.2. The van der Waals surface area contributed by atoms with E-state index >= 15 is 0 Å². The highest BCUT2D eigenvalue weighted by Gasteiger charge is 2.35. The number of hydrogen-bond acceptors (Lipinski definition) is 5. The number of hydrogen-bond donors (Lipinski definition) is 1. The van der Waals surface area contributed by atoms with Crippen molar-refractivity contribution in [2.45, 2.75) is 50.4 Å². The molecule has 1 aromatic carbocycles. The average Bonchev–Trinajstić information content (AvgIpc) is 3.15. The lowest BCUT2D eigenvalue weighted by molar-refractivity contribution is -0.274. The summed E-state index contributed by atoms with van der Waals surface area (Å²) in [6, 6.07) is 5.74. The van der Waals surface area contributed by atoms with Gasteiger partial charge in [-0.2, -0.15) is 4.98 Å². The summed E-state index contributed by atoms with van der Waals surface area (Å²) in [7, 11) is 0. The van der Waals surface area contributed by atoms with Crippen molar-refractivity contribution in [3.05, 3.63) is 41.5 Å². The van der Waals surface area contributed by atoms with Crippen molar-refractivity contribution in [2.75, 3.05) is 0 Å². The van der Waals surface area contributed by atoms with E-state index in [0.717, 1.165) is 31.2 Å². The van der Waals surface area contributed by atoms with E-state index in [9.17, 15) is 13.2 Å². The number of nitrogens with two attached hydrogens (primary N) is 1. The Morgan fingerprint density at radius 2 is 1.76 bits per heavy atom. The summed E-state index contributed by atoms with van der Waals surface area (Å²) >= 11 is 0. The lowest BCUT2D eigenvalue weighted by atomic mass is 9.99. The molecular formula is C16H19ClF3N3O2. The van der Waals surface area contributed by atoms with Gasteiger partial charge in [0.05, 0.1) is 5.54 Å². The van der Waals surface area contributed by atoms with Crippen LogP contribution in [0, 0.1) is 0 Å². The summed E-state index contributed by atoms with van der Waals surface area (Å²) in [5.74, 6) is 0.791. The zero-order chi connectivity index (χ0) is 17.2. The molecule has 1 fully saturated rings. The van der Waals surface area contributed by atoms with Crippen molar-refractivity contribution < 1.29 is 22.4 Å². The maximum Gasteiger partial charge on any atom is 0.573 e. The maximum absolute atomic E-state index is 12.1. The third kappa shape index (κ3) is 5.09. The largest absolute Gasteiger partial charge is 0.573 e. The third-order valence-electron chi connectivity index (χ3n) is 4.19. The normalized spacial score (nSPS) is 16.5. The van der Waals surface area contributed by atoms with Gasteiger partial charge in [-0.1, -0.05) is 30.1 Å². The Morgan fingerprint density at radius 3 is 2.36 bits per heavy atom. The van der Waals surface area contributed by atoms with Crippen LogP contribution in [0.15, 0.2) is 28.8 Å². The standard InChI is InChI=1S/C16H18F3N3O2.ClH/c17-16(18,19)23-12-6-3-11(4-7-12)5-8-13-21-14(22-24-13)15(20)9-1-2-10-15;/h3-4,6-7H,1-2,5,8-10,20H2;1H. The van der Waals surface area contributed by atoms with E-state index < -0.39 is 11.9 Å². The molecule has 0 radical (unpaired) electrons. The van der Waals surface area contributed by atoms with Gasteiger partial charge in [-0.15, -0.1) is 25.6 Å². The molecule has 9 heteroatoms. The lowest BCUT2D eigenvalue weighted by Gasteiger charge is -2.17. The van der Waals surface area contributed by atoms with Crippen molar-refractivity contribution in [3.8, 4) is 5.75 Å². The van der Waals surface area contributed by atoms with E-state index in [1.807, 2.05) is 0 Å². The molecule has 0 aliphatic heterocycles. The molecule has 1 aromatic heterocycles. The van der Waals surface area contributed by atoms with Gasteiger partial charge in [0.15, 0.2) is 5.82 Å². The first-order valence-electron chi connectivity index (χ1n) is 7.81. The Hall–Kier alpha value is -1.80. The molecular weight excluding hydrogens is 359 g/mol. The molecule has 138 valence electrons. The SMILES string of the molecule is Cl.NC1(c2noc(CCc3ccc(OC(F)(F)F)cc3)n2)CCCC1. The monoisotopic (exact) mass is 377 g/mol. The van der Waals surface area contributed by atoms with Crippen LogP contribution in [0.25, 0.3) is 0 Å². The molecule has 1 aliphatic carbocycles. The first kappa shape index (κ1) is 19.5. The molecule has 0 unspecified atom stereocenters. The van der Waals surface area contributed by atoms with Gasteiger partial charge in [0.1, 0.15) is 5.75 Å². The molecule has 2 aromatic rings. The molecule has 0 atom stereocenters. The van der Waals surface area contributed by atoms with Gasteiger partial charge in [0.2, 0.25) is 5.89 Å². The van der Waals surface area contributed by atoms with E-state index in [2.05, 4.69) is 14.9 Å². The predicted molar refractivity (Wildman–Crippen MR) is 86.4 cm³/mol. The lowest BCUT2D eigenvalue weighted by Crippen LogP contribution is -2.34. The highest BCUT2D eigenvalue weighted by Crippen LogP contribution is 2.34. The molecule has 3 rings (SSSR count). The van der Waals surface area contributed by atoms with Crippen molar-refractivity contribution in [1.82, 2.24) is 10.1 Å². The van der Waals surface area contributed by atoms with E-state index in [1.54, 1.807) is 12.1 Å². The van der Waals surface area contributed by atoms with E-state index in [0.29, 0.717) is 24.6 Å². The van der Waals surface area contributed by atoms with Crippen LogP contribution in [0.1, 0.15) is 43.0 Å². The van der Waals surface area contributed by atoms with Gasteiger partial charge in [-0.3, -0.25) is 0 Å². The molecule has 2 N–H and O–H groups in total. The fourth-order valence-corrected chi connectivity index (χ4v) is 2.90. The van der Waals surface area contributed by atoms with Crippen LogP contribution >= 0.6 is 12.4 Å². The number of alkyl halides is 3. The maximum atomic E-state index is 12.1.